The van der Waals surface area contributed by atoms with Crippen molar-refractivity contribution in [2.45, 2.75) is 11.1 Å². The number of aliphatic imine (C=N–C) groups is 1. The average molecular weight is 495 g/mol. The highest BCUT2D eigenvalue weighted by Crippen LogP contribution is 2.27. The van der Waals surface area contributed by atoms with Crippen LogP contribution in [-0.2, 0) is 19.4 Å². The Morgan fingerprint density at radius 2 is 2.06 bits per heavy atom. The number of nitrogens with zero attached hydrogens (tertiary/aromatic N) is 3. The number of nitrogens with two attached hydrogens (primary N) is 1. The zero-order valence-corrected chi connectivity index (χ0v) is 18.7. The van der Waals surface area contributed by atoms with Crippen LogP contribution in [0.4, 0.5) is 13.2 Å². The van der Waals surface area contributed by atoms with Crippen molar-refractivity contribution in [2.75, 3.05) is 25.0 Å². The van der Waals surface area contributed by atoms with E-state index < -0.39 is 34.2 Å². The van der Waals surface area contributed by atoms with Crippen LogP contribution >= 0.6 is 23.1 Å². The Hall–Kier alpha value is -2.45. The lowest BCUT2D eigenvalue weighted by Gasteiger charge is -2.06. The number of esters is 1. The third-order valence-corrected chi connectivity index (χ3v) is 5.95. The normalized spacial score (nSPS) is 13.3. The first kappa shape index (κ1) is 24.8. The molecule has 1 aromatic carbocycles. The second kappa shape index (κ2) is 10.2. The molecule has 0 aliphatic rings. The third kappa shape index (κ3) is 7.33. The van der Waals surface area contributed by atoms with Gasteiger partial charge in [-0.3, -0.25) is 9.79 Å². The second-order valence-electron chi connectivity index (χ2n) is 5.93. The van der Waals surface area contributed by atoms with Crippen LogP contribution in [-0.4, -0.2) is 61.5 Å². The molecule has 0 amide bonds. The number of thioether (sulfide) groups is 1. The molecule has 0 bridgehead atoms. The van der Waals surface area contributed by atoms with E-state index in [9.17, 15) is 26.4 Å². The number of sulfone groups is 1. The van der Waals surface area contributed by atoms with E-state index in [1.165, 1.54) is 30.0 Å². The van der Waals surface area contributed by atoms with Gasteiger partial charge < -0.3 is 10.5 Å². The molecule has 2 rings (SSSR count). The van der Waals surface area contributed by atoms with Crippen molar-refractivity contribution in [1.29, 1.82) is 0 Å². The summed E-state index contributed by atoms with van der Waals surface area (Å²) in [6.45, 7) is -0.546. The molecule has 0 radical (unpaired) electrons. The number of carbonyl (C=O) groups is 1. The second-order valence-corrected chi connectivity index (χ2v) is 9.74. The van der Waals surface area contributed by atoms with Gasteiger partial charge in [0.1, 0.15) is 23.2 Å². The summed E-state index contributed by atoms with van der Waals surface area (Å²) < 4.78 is 67.0. The molecule has 0 fully saturated rings. The van der Waals surface area contributed by atoms with Crippen molar-refractivity contribution < 1.29 is 31.1 Å². The Morgan fingerprint density at radius 3 is 2.68 bits per heavy atom. The fourth-order valence-electron chi connectivity index (χ4n) is 2.03. The van der Waals surface area contributed by atoms with Gasteiger partial charge in [-0.25, -0.2) is 8.42 Å². The maximum atomic E-state index is 12.9. The van der Waals surface area contributed by atoms with Crippen LogP contribution in [0.2, 0.25) is 0 Å². The number of aromatic nitrogens is 2. The monoisotopic (exact) mass is 494 g/mol. The Morgan fingerprint density at radius 1 is 1.35 bits per heavy atom. The number of benzene rings is 1. The van der Waals surface area contributed by atoms with Crippen LogP contribution in [0.15, 0.2) is 45.9 Å². The highest BCUT2D eigenvalue weighted by Gasteiger charge is 2.32. The van der Waals surface area contributed by atoms with Crippen molar-refractivity contribution in [1.82, 2.24) is 10.2 Å². The van der Waals surface area contributed by atoms with E-state index >= 15 is 0 Å². The topological polar surface area (TPSA) is 125 Å². The highest BCUT2D eigenvalue weighted by atomic mass is 32.2. The standard InChI is InChI=1S/C17H17F3N4O4S3/c1-29-9-28-14(25)8-22-12(7-13(21)17(18,19)20)16-24-23-15(30-16)10-4-3-5-11(6-10)31(2,26)27/h3-7H,8-9,21H2,1-2H3. The Labute approximate surface area is 184 Å². The van der Waals surface area contributed by atoms with E-state index in [2.05, 4.69) is 15.2 Å². The summed E-state index contributed by atoms with van der Waals surface area (Å²) in [5.74, 6) is -0.666. The summed E-state index contributed by atoms with van der Waals surface area (Å²) in [5.41, 5.74) is 3.75. The van der Waals surface area contributed by atoms with Gasteiger partial charge in [0.25, 0.3) is 0 Å². The number of alkyl halides is 3. The van der Waals surface area contributed by atoms with Gasteiger partial charge in [-0.05, 0) is 24.5 Å². The molecule has 168 valence electrons. The maximum absolute atomic E-state index is 12.9. The predicted molar refractivity (Wildman–Crippen MR) is 113 cm³/mol. The molecule has 0 saturated heterocycles. The maximum Gasteiger partial charge on any atom is 0.430 e. The lowest BCUT2D eigenvalue weighted by atomic mass is 10.2. The smallest absolute Gasteiger partial charge is 0.430 e. The number of hydrogen-bond acceptors (Lipinski definition) is 10. The Kier molecular flexibility index (Phi) is 8.20. The van der Waals surface area contributed by atoms with E-state index in [-0.39, 0.29) is 26.6 Å². The summed E-state index contributed by atoms with van der Waals surface area (Å²) in [7, 11) is -3.47. The molecule has 2 N–H and O–H groups in total. The number of carbonyl (C=O) groups excluding carboxylic acids is 1. The first-order valence-electron chi connectivity index (χ1n) is 8.29. The number of rotatable bonds is 8. The van der Waals surface area contributed by atoms with Crippen LogP contribution in [0.1, 0.15) is 5.01 Å². The lowest BCUT2D eigenvalue weighted by molar-refractivity contribution is -0.139. The minimum Gasteiger partial charge on any atom is -0.453 e. The van der Waals surface area contributed by atoms with Crippen molar-refractivity contribution in [2.24, 2.45) is 10.7 Å². The molecule has 0 aliphatic heterocycles. The van der Waals surface area contributed by atoms with Crippen LogP contribution < -0.4 is 5.73 Å². The molecular weight excluding hydrogens is 477 g/mol. The molecule has 1 heterocycles. The minimum absolute atomic E-state index is 0.0374. The molecule has 0 spiro atoms. The average Bonchev–Trinajstić information content (AvgIpc) is 3.18. The largest absolute Gasteiger partial charge is 0.453 e. The van der Waals surface area contributed by atoms with E-state index in [4.69, 9.17) is 10.5 Å². The first-order valence-corrected chi connectivity index (χ1v) is 12.4. The molecule has 0 unspecified atom stereocenters. The van der Waals surface area contributed by atoms with Gasteiger partial charge in [-0.1, -0.05) is 23.5 Å². The van der Waals surface area contributed by atoms with Gasteiger partial charge in [-0.2, -0.15) is 13.2 Å². The molecule has 0 saturated carbocycles. The predicted octanol–water partition coefficient (Wildman–Crippen LogP) is 2.67. The molecule has 2 aromatic rings. The number of halogens is 3. The van der Waals surface area contributed by atoms with E-state index in [0.717, 1.165) is 17.6 Å². The number of ether oxygens (including phenoxy) is 1. The number of hydrogen-bond donors (Lipinski definition) is 1. The van der Waals surface area contributed by atoms with E-state index in [1.807, 2.05) is 0 Å². The zero-order valence-electron chi connectivity index (χ0n) is 16.2. The summed E-state index contributed by atoms with van der Waals surface area (Å²) in [6, 6.07) is 5.86. The fourth-order valence-corrected chi connectivity index (χ4v) is 3.76. The van der Waals surface area contributed by atoms with Crippen molar-refractivity contribution in [3.8, 4) is 10.6 Å². The number of allylic oxidation sites excluding steroid dienone is 2. The molecule has 8 nitrogen and oxygen atoms in total. The fraction of sp³-hybridized carbons (Fsp3) is 0.294. The third-order valence-electron chi connectivity index (χ3n) is 3.49. The molecule has 0 aliphatic carbocycles. The summed E-state index contributed by atoms with van der Waals surface area (Å²) >= 11 is 2.11. The van der Waals surface area contributed by atoms with E-state index in [0.29, 0.717) is 11.6 Å². The van der Waals surface area contributed by atoms with Crippen molar-refractivity contribution in [3.63, 3.8) is 0 Å². The lowest BCUT2D eigenvalue weighted by Crippen LogP contribution is -2.21. The Bertz CT molecular complexity index is 1110. The highest BCUT2D eigenvalue weighted by molar-refractivity contribution is 7.98. The van der Waals surface area contributed by atoms with Crippen LogP contribution in [0.5, 0.6) is 0 Å². The molecule has 14 heteroatoms. The SMILES string of the molecule is CSCOC(=O)CN=C(C=C(N)C(F)(F)F)c1nnc(-c2cccc(S(C)(=O)=O)c2)s1. The van der Waals surface area contributed by atoms with Gasteiger partial charge in [0, 0.05) is 11.8 Å². The van der Waals surface area contributed by atoms with Gasteiger partial charge in [0.05, 0.1) is 10.6 Å². The first-order chi connectivity index (χ1) is 14.4. The summed E-state index contributed by atoms with van der Waals surface area (Å²) in [4.78, 5) is 15.6. The molecular formula is C17H17F3N4O4S3. The van der Waals surface area contributed by atoms with Gasteiger partial charge in [0.2, 0.25) is 0 Å². The molecule has 0 atom stereocenters. The summed E-state index contributed by atoms with van der Waals surface area (Å²) in [6.07, 6.45) is -1.50. The quantitative estimate of drug-likeness (QED) is 0.337. The Balaban J connectivity index is 2.42. The van der Waals surface area contributed by atoms with Crippen LogP contribution in [0.25, 0.3) is 10.6 Å². The zero-order chi connectivity index (χ0) is 23.2. The van der Waals surface area contributed by atoms with E-state index in [1.54, 1.807) is 12.3 Å². The van der Waals surface area contributed by atoms with Gasteiger partial charge >= 0.3 is 12.1 Å². The minimum atomic E-state index is -4.81. The van der Waals surface area contributed by atoms with Gasteiger partial charge in [-0.15, -0.1) is 22.0 Å². The summed E-state index contributed by atoms with van der Waals surface area (Å²) in [5, 5.41) is 7.93. The van der Waals surface area contributed by atoms with Crippen LogP contribution in [0, 0.1) is 0 Å². The van der Waals surface area contributed by atoms with Crippen molar-refractivity contribution >= 4 is 44.6 Å². The molecule has 1 aromatic heterocycles. The van der Waals surface area contributed by atoms with Crippen LogP contribution in [0.3, 0.4) is 0 Å². The van der Waals surface area contributed by atoms with Crippen molar-refractivity contribution in [3.05, 3.63) is 41.0 Å². The molecule has 31 heavy (non-hydrogen) atoms. The van der Waals surface area contributed by atoms with Gasteiger partial charge in [0.15, 0.2) is 14.8 Å².